The van der Waals surface area contributed by atoms with Crippen molar-refractivity contribution in [3.63, 3.8) is 0 Å². The fourth-order valence-corrected chi connectivity index (χ4v) is 2.00. The molecule has 0 spiro atoms. The van der Waals surface area contributed by atoms with Gasteiger partial charge in [-0.25, -0.2) is 0 Å². The molecule has 1 rings (SSSR count). The van der Waals surface area contributed by atoms with Gasteiger partial charge in [-0.1, -0.05) is 65.3 Å². The van der Waals surface area contributed by atoms with E-state index in [4.69, 9.17) is 0 Å². The van der Waals surface area contributed by atoms with Gasteiger partial charge in [0, 0.05) is 11.0 Å². The van der Waals surface area contributed by atoms with Gasteiger partial charge in [0.2, 0.25) is 0 Å². The summed E-state index contributed by atoms with van der Waals surface area (Å²) in [6.07, 6.45) is 2.40. The molecule has 0 aliphatic rings. The monoisotopic (exact) mass is 232 g/mol. The van der Waals surface area contributed by atoms with Crippen molar-refractivity contribution in [2.45, 2.75) is 53.4 Å². The molecule has 1 aromatic rings. The molecular formula is C16H24O. The Kier molecular flexibility index (Phi) is 4.50. The SMILES string of the molecule is CCCC(C)c1ccc(C(=O)C(C)(C)C)cc1. The maximum absolute atomic E-state index is 12.1. The first-order valence-corrected chi connectivity index (χ1v) is 6.51. The van der Waals surface area contributed by atoms with Crippen LogP contribution in [0, 0.1) is 5.41 Å². The molecule has 94 valence electrons. The number of hydrogen-bond acceptors (Lipinski definition) is 1. The zero-order valence-electron chi connectivity index (χ0n) is 11.7. The van der Waals surface area contributed by atoms with Crippen molar-refractivity contribution in [3.8, 4) is 0 Å². The number of carbonyl (C=O) groups excluding carboxylic acids is 1. The van der Waals surface area contributed by atoms with Crippen LogP contribution in [0.1, 0.15) is 69.3 Å². The molecule has 1 nitrogen and oxygen atoms in total. The van der Waals surface area contributed by atoms with E-state index in [1.54, 1.807) is 0 Å². The first-order valence-electron chi connectivity index (χ1n) is 6.51. The Hall–Kier alpha value is -1.11. The van der Waals surface area contributed by atoms with Gasteiger partial charge in [-0.3, -0.25) is 4.79 Å². The Morgan fingerprint density at radius 2 is 1.71 bits per heavy atom. The van der Waals surface area contributed by atoms with E-state index in [9.17, 15) is 4.79 Å². The summed E-state index contributed by atoms with van der Waals surface area (Å²) in [5, 5.41) is 0. The maximum atomic E-state index is 12.1. The minimum Gasteiger partial charge on any atom is -0.294 e. The molecule has 0 bridgehead atoms. The standard InChI is InChI=1S/C16H24O/c1-6-7-12(2)13-8-10-14(11-9-13)15(17)16(3,4)5/h8-12H,6-7H2,1-5H3. The highest BCUT2D eigenvalue weighted by Crippen LogP contribution is 2.24. The quantitative estimate of drug-likeness (QED) is 0.680. The van der Waals surface area contributed by atoms with Crippen LogP contribution in [0.5, 0.6) is 0 Å². The lowest BCUT2D eigenvalue weighted by molar-refractivity contribution is 0.0858. The molecule has 1 atom stereocenters. The molecule has 0 saturated carbocycles. The first kappa shape index (κ1) is 14.0. The van der Waals surface area contributed by atoms with Crippen molar-refractivity contribution in [2.24, 2.45) is 5.41 Å². The molecule has 0 radical (unpaired) electrons. The van der Waals surface area contributed by atoms with Gasteiger partial charge in [0.05, 0.1) is 0 Å². The zero-order chi connectivity index (χ0) is 13.1. The van der Waals surface area contributed by atoms with Crippen molar-refractivity contribution in [2.75, 3.05) is 0 Å². The zero-order valence-corrected chi connectivity index (χ0v) is 11.7. The summed E-state index contributed by atoms with van der Waals surface area (Å²) in [6.45, 7) is 10.3. The Labute approximate surface area is 105 Å². The number of carbonyl (C=O) groups is 1. The number of benzene rings is 1. The van der Waals surface area contributed by atoms with Crippen LogP contribution >= 0.6 is 0 Å². The summed E-state index contributed by atoms with van der Waals surface area (Å²) in [5.74, 6) is 0.797. The average molecular weight is 232 g/mol. The lowest BCUT2D eigenvalue weighted by Crippen LogP contribution is -2.20. The number of ketones is 1. The van der Waals surface area contributed by atoms with Gasteiger partial charge >= 0.3 is 0 Å². The van der Waals surface area contributed by atoms with Crippen LogP contribution in [0.4, 0.5) is 0 Å². The fraction of sp³-hybridized carbons (Fsp3) is 0.562. The predicted molar refractivity (Wildman–Crippen MR) is 73.6 cm³/mol. The Morgan fingerprint density at radius 1 is 1.18 bits per heavy atom. The van der Waals surface area contributed by atoms with Crippen LogP contribution in [0.2, 0.25) is 0 Å². The molecule has 0 aliphatic carbocycles. The highest BCUT2D eigenvalue weighted by atomic mass is 16.1. The fourth-order valence-electron chi connectivity index (χ4n) is 2.00. The van der Waals surface area contributed by atoms with Crippen molar-refractivity contribution in [3.05, 3.63) is 35.4 Å². The lowest BCUT2D eigenvalue weighted by Gasteiger charge is -2.17. The van der Waals surface area contributed by atoms with Crippen LogP contribution in [-0.2, 0) is 0 Å². The first-order chi connectivity index (χ1) is 7.86. The van der Waals surface area contributed by atoms with E-state index >= 15 is 0 Å². The molecular weight excluding hydrogens is 208 g/mol. The van der Waals surface area contributed by atoms with Gasteiger partial charge in [-0.15, -0.1) is 0 Å². The van der Waals surface area contributed by atoms with E-state index < -0.39 is 0 Å². The van der Waals surface area contributed by atoms with Crippen molar-refractivity contribution < 1.29 is 4.79 Å². The minimum atomic E-state index is -0.295. The van der Waals surface area contributed by atoms with Gasteiger partial charge in [-0.05, 0) is 17.9 Å². The van der Waals surface area contributed by atoms with Gasteiger partial charge in [0.1, 0.15) is 0 Å². The van der Waals surface area contributed by atoms with E-state index in [2.05, 4.69) is 26.0 Å². The highest BCUT2D eigenvalue weighted by Gasteiger charge is 2.22. The molecule has 0 N–H and O–H groups in total. The average Bonchev–Trinajstić information content (AvgIpc) is 2.27. The largest absolute Gasteiger partial charge is 0.294 e. The smallest absolute Gasteiger partial charge is 0.168 e. The molecule has 0 heterocycles. The summed E-state index contributed by atoms with van der Waals surface area (Å²) in [7, 11) is 0. The second kappa shape index (κ2) is 5.48. The third-order valence-corrected chi connectivity index (χ3v) is 3.14. The third-order valence-electron chi connectivity index (χ3n) is 3.14. The van der Waals surface area contributed by atoms with Crippen LogP contribution in [0.3, 0.4) is 0 Å². The normalized spacial score (nSPS) is 13.5. The summed E-state index contributed by atoms with van der Waals surface area (Å²) in [6, 6.07) is 8.13. The number of Topliss-reactive ketones (excluding diaryl/α,β-unsaturated/α-hetero) is 1. The lowest BCUT2D eigenvalue weighted by atomic mass is 9.85. The van der Waals surface area contributed by atoms with Crippen LogP contribution in [-0.4, -0.2) is 5.78 Å². The molecule has 17 heavy (non-hydrogen) atoms. The Morgan fingerprint density at radius 3 is 2.12 bits per heavy atom. The predicted octanol–water partition coefficient (Wildman–Crippen LogP) is 4.82. The molecule has 0 aliphatic heterocycles. The second-order valence-corrected chi connectivity index (χ2v) is 5.89. The van der Waals surface area contributed by atoms with E-state index in [-0.39, 0.29) is 11.2 Å². The van der Waals surface area contributed by atoms with E-state index in [1.807, 2.05) is 32.9 Å². The molecule has 1 heteroatoms. The van der Waals surface area contributed by atoms with Crippen LogP contribution < -0.4 is 0 Å². The number of hydrogen-bond donors (Lipinski definition) is 0. The van der Waals surface area contributed by atoms with E-state index in [0.29, 0.717) is 5.92 Å². The minimum absolute atomic E-state index is 0.215. The summed E-state index contributed by atoms with van der Waals surface area (Å²) in [4.78, 5) is 12.1. The second-order valence-electron chi connectivity index (χ2n) is 5.89. The topological polar surface area (TPSA) is 17.1 Å². The Balaban J connectivity index is 2.85. The van der Waals surface area contributed by atoms with Crippen LogP contribution in [0.25, 0.3) is 0 Å². The van der Waals surface area contributed by atoms with Gasteiger partial charge in [0.15, 0.2) is 5.78 Å². The van der Waals surface area contributed by atoms with E-state index in [0.717, 1.165) is 5.56 Å². The van der Waals surface area contributed by atoms with Gasteiger partial charge in [0.25, 0.3) is 0 Å². The molecule has 0 saturated heterocycles. The molecule has 0 aromatic heterocycles. The van der Waals surface area contributed by atoms with E-state index in [1.165, 1.54) is 18.4 Å². The van der Waals surface area contributed by atoms with Crippen LogP contribution in [0.15, 0.2) is 24.3 Å². The summed E-state index contributed by atoms with van der Waals surface area (Å²) >= 11 is 0. The van der Waals surface area contributed by atoms with Gasteiger partial charge < -0.3 is 0 Å². The van der Waals surface area contributed by atoms with Crippen molar-refractivity contribution in [1.82, 2.24) is 0 Å². The molecule has 0 fully saturated rings. The van der Waals surface area contributed by atoms with Crippen molar-refractivity contribution >= 4 is 5.78 Å². The summed E-state index contributed by atoms with van der Waals surface area (Å²) < 4.78 is 0. The maximum Gasteiger partial charge on any atom is 0.168 e. The molecule has 1 aromatic carbocycles. The Bertz CT molecular complexity index is 368. The molecule has 0 amide bonds. The number of rotatable bonds is 4. The highest BCUT2D eigenvalue weighted by molar-refractivity contribution is 5.99. The molecule has 1 unspecified atom stereocenters. The third kappa shape index (κ3) is 3.69. The van der Waals surface area contributed by atoms with Crippen molar-refractivity contribution in [1.29, 1.82) is 0 Å². The van der Waals surface area contributed by atoms with Gasteiger partial charge in [-0.2, -0.15) is 0 Å². The summed E-state index contributed by atoms with van der Waals surface area (Å²) in [5.41, 5.74) is 1.86.